The highest BCUT2D eigenvalue weighted by atomic mass is 15.0. The fourth-order valence-corrected chi connectivity index (χ4v) is 1.41. The number of benzene rings is 1. The summed E-state index contributed by atoms with van der Waals surface area (Å²) in [5.74, 6) is 0.551. The number of nitrogens with zero attached hydrogens (tertiary/aromatic N) is 1. The average Bonchev–Trinajstić information content (AvgIpc) is 2.32. The van der Waals surface area contributed by atoms with Crippen molar-refractivity contribution >= 4 is 23.8 Å². The highest BCUT2D eigenvalue weighted by Crippen LogP contribution is 2.07. The van der Waals surface area contributed by atoms with E-state index in [0.29, 0.717) is 11.5 Å². The normalized spacial score (nSPS) is 10.8. The van der Waals surface area contributed by atoms with Gasteiger partial charge in [-0.3, -0.25) is 5.73 Å². The van der Waals surface area contributed by atoms with E-state index >= 15 is 0 Å². The van der Waals surface area contributed by atoms with Gasteiger partial charge >= 0.3 is 0 Å². The van der Waals surface area contributed by atoms with Crippen LogP contribution in [-0.4, -0.2) is 0 Å². The molecule has 0 saturated heterocycles. The second kappa shape index (κ2) is 4.49. The van der Waals surface area contributed by atoms with E-state index in [4.69, 9.17) is 11.5 Å². The Morgan fingerprint density at radius 2 is 1.69 bits per heavy atom. The van der Waals surface area contributed by atoms with Gasteiger partial charge in [0.25, 0.3) is 5.82 Å². The summed E-state index contributed by atoms with van der Waals surface area (Å²) in [5.41, 5.74) is 13.2. The van der Waals surface area contributed by atoms with Gasteiger partial charge in [0, 0.05) is 0 Å². The van der Waals surface area contributed by atoms with Crippen LogP contribution in [0.2, 0.25) is 0 Å². The Bertz CT molecular complexity index is 504. The van der Waals surface area contributed by atoms with Gasteiger partial charge in [-0.25, -0.2) is 4.57 Å². The molecule has 3 nitrogen and oxygen atoms in total. The van der Waals surface area contributed by atoms with Crippen molar-refractivity contribution in [3.05, 3.63) is 54.2 Å². The second-order valence-electron chi connectivity index (χ2n) is 3.48. The fraction of sp³-hybridized carbons (Fsp3) is 0. The molecule has 0 amide bonds. The van der Waals surface area contributed by atoms with Crippen LogP contribution in [-0.2, 0) is 0 Å². The van der Waals surface area contributed by atoms with Crippen molar-refractivity contribution in [2.75, 3.05) is 11.5 Å². The van der Waals surface area contributed by atoms with Gasteiger partial charge in [0.1, 0.15) is 5.69 Å². The second-order valence-corrected chi connectivity index (χ2v) is 3.48. The molecule has 0 aliphatic carbocycles. The molecule has 0 unspecified atom stereocenters. The number of nitrogens with two attached hydrogens (primary N) is 2. The molecule has 0 fully saturated rings. The zero-order valence-electron chi connectivity index (χ0n) is 8.88. The molecule has 0 aliphatic rings. The molecule has 1 heterocycles. The third-order valence-corrected chi connectivity index (χ3v) is 2.32. The summed E-state index contributed by atoms with van der Waals surface area (Å²) < 4.78 is 1.79. The maximum Gasteiger partial charge on any atom is 0.300 e. The topological polar surface area (TPSA) is 55.9 Å². The first-order valence-corrected chi connectivity index (χ1v) is 5.06. The van der Waals surface area contributed by atoms with Gasteiger partial charge in [0.05, 0.1) is 12.4 Å². The van der Waals surface area contributed by atoms with E-state index in [1.165, 1.54) is 0 Å². The van der Waals surface area contributed by atoms with Crippen LogP contribution in [0.1, 0.15) is 5.56 Å². The Labute approximate surface area is 94.6 Å². The summed E-state index contributed by atoms with van der Waals surface area (Å²) in [5, 5.41) is 0. The smallest absolute Gasteiger partial charge is 0.300 e. The van der Waals surface area contributed by atoms with E-state index < -0.39 is 0 Å². The first kappa shape index (κ1) is 10.2. The predicted octanol–water partition coefficient (Wildman–Crippen LogP) is 1.77. The number of rotatable bonds is 2. The van der Waals surface area contributed by atoms with E-state index in [0.717, 1.165) is 5.56 Å². The average molecular weight is 212 g/mol. The Balaban J connectivity index is 2.28. The lowest BCUT2D eigenvalue weighted by Gasteiger charge is -1.98. The quantitative estimate of drug-likeness (QED) is 0.745. The molecule has 2 aromatic rings. The molecule has 0 bridgehead atoms. The van der Waals surface area contributed by atoms with Crippen LogP contribution in [0.15, 0.2) is 48.7 Å². The number of nitrogen functional groups attached to an aromatic ring is 2. The predicted molar refractivity (Wildman–Crippen MR) is 67.1 cm³/mol. The van der Waals surface area contributed by atoms with Crippen LogP contribution < -0.4 is 16.0 Å². The van der Waals surface area contributed by atoms with Crippen LogP contribution in [0.4, 0.5) is 11.5 Å². The number of hydrogen-bond acceptors (Lipinski definition) is 2. The van der Waals surface area contributed by atoms with Gasteiger partial charge in [-0.15, -0.1) is 0 Å². The van der Waals surface area contributed by atoms with E-state index in [9.17, 15) is 0 Å². The molecule has 2 rings (SSSR count). The Hall–Kier alpha value is -2.29. The minimum atomic E-state index is 0.551. The zero-order chi connectivity index (χ0) is 11.4. The van der Waals surface area contributed by atoms with Crippen molar-refractivity contribution in [3.8, 4) is 0 Å². The van der Waals surface area contributed by atoms with Crippen LogP contribution in [0.3, 0.4) is 0 Å². The Morgan fingerprint density at radius 1 is 0.938 bits per heavy atom. The summed E-state index contributed by atoms with van der Waals surface area (Å²) in [7, 11) is 0. The van der Waals surface area contributed by atoms with E-state index in [1.807, 2.05) is 54.9 Å². The van der Waals surface area contributed by atoms with E-state index in [1.54, 1.807) is 10.6 Å². The minimum Gasteiger partial charge on any atom is -0.392 e. The van der Waals surface area contributed by atoms with Crippen molar-refractivity contribution in [1.82, 2.24) is 0 Å². The van der Waals surface area contributed by atoms with Crippen molar-refractivity contribution in [3.63, 3.8) is 0 Å². The van der Waals surface area contributed by atoms with E-state index in [2.05, 4.69) is 0 Å². The van der Waals surface area contributed by atoms with Gasteiger partial charge < -0.3 is 5.73 Å². The van der Waals surface area contributed by atoms with Crippen LogP contribution >= 0.6 is 0 Å². The SMILES string of the molecule is Nc1ccc[n+](C=Cc2ccccc2)c1N. The highest BCUT2D eigenvalue weighted by Gasteiger charge is 2.03. The monoisotopic (exact) mass is 212 g/mol. The summed E-state index contributed by atoms with van der Waals surface area (Å²) in [6.07, 6.45) is 5.74. The summed E-state index contributed by atoms with van der Waals surface area (Å²) in [6, 6.07) is 13.7. The van der Waals surface area contributed by atoms with Crippen LogP contribution in [0.5, 0.6) is 0 Å². The van der Waals surface area contributed by atoms with Crippen molar-refractivity contribution in [2.24, 2.45) is 0 Å². The molecule has 16 heavy (non-hydrogen) atoms. The minimum absolute atomic E-state index is 0.551. The molecular formula is C13H14N3+. The Morgan fingerprint density at radius 3 is 2.44 bits per heavy atom. The molecule has 0 radical (unpaired) electrons. The van der Waals surface area contributed by atoms with Gasteiger partial charge in [0.2, 0.25) is 0 Å². The highest BCUT2D eigenvalue weighted by molar-refractivity contribution is 5.59. The fourth-order valence-electron chi connectivity index (χ4n) is 1.41. The van der Waals surface area contributed by atoms with Crippen LogP contribution in [0, 0.1) is 0 Å². The summed E-state index contributed by atoms with van der Waals surface area (Å²) in [6.45, 7) is 0. The lowest BCUT2D eigenvalue weighted by molar-refractivity contribution is -0.550. The molecule has 0 aliphatic heterocycles. The Kier molecular flexibility index (Phi) is 2.87. The largest absolute Gasteiger partial charge is 0.392 e. The summed E-state index contributed by atoms with van der Waals surface area (Å²) >= 11 is 0. The van der Waals surface area contributed by atoms with E-state index in [-0.39, 0.29) is 0 Å². The molecular weight excluding hydrogens is 198 g/mol. The molecule has 0 spiro atoms. The van der Waals surface area contributed by atoms with Gasteiger partial charge in [-0.05, 0) is 23.8 Å². The molecule has 0 atom stereocenters. The lowest BCUT2D eigenvalue weighted by atomic mass is 10.2. The molecule has 80 valence electrons. The molecule has 0 saturated carbocycles. The zero-order valence-corrected chi connectivity index (χ0v) is 8.88. The molecule has 4 N–H and O–H groups in total. The maximum atomic E-state index is 5.83. The van der Waals surface area contributed by atoms with Gasteiger partial charge in [-0.2, -0.15) is 0 Å². The molecule has 1 aromatic heterocycles. The third-order valence-electron chi connectivity index (χ3n) is 2.32. The number of pyridine rings is 1. The molecule has 3 heteroatoms. The van der Waals surface area contributed by atoms with Crippen molar-refractivity contribution < 1.29 is 4.57 Å². The first-order valence-electron chi connectivity index (χ1n) is 5.06. The van der Waals surface area contributed by atoms with Gasteiger partial charge in [-0.1, -0.05) is 30.3 Å². The molecule has 1 aromatic carbocycles. The van der Waals surface area contributed by atoms with Crippen LogP contribution in [0.25, 0.3) is 12.3 Å². The number of hydrogen-bond donors (Lipinski definition) is 2. The standard InChI is InChI=1S/C13H13N3/c14-12-7-4-9-16(13(12)15)10-8-11-5-2-1-3-6-11/h1-10,15H,14H2/p+1. The summed E-state index contributed by atoms with van der Waals surface area (Å²) in [4.78, 5) is 0. The van der Waals surface area contributed by atoms with Gasteiger partial charge in [0.15, 0.2) is 0 Å². The number of anilines is 2. The van der Waals surface area contributed by atoms with Crippen molar-refractivity contribution in [1.29, 1.82) is 0 Å². The maximum absolute atomic E-state index is 5.83. The number of aromatic nitrogens is 1. The van der Waals surface area contributed by atoms with Crippen molar-refractivity contribution in [2.45, 2.75) is 0 Å². The third kappa shape index (κ3) is 2.20. The first-order chi connectivity index (χ1) is 7.77. The lowest BCUT2D eigenvalue weighted by Crippen LogP contribution is -2.30.